The molecule has 0 fully saturated rings. The van der Waals surface area contributed by atoms with E-state index in [4.69, 9.17) is 17.3 Å². The smallest absolute Gasteiger partial charge is 0.0638 e. The lowest BCUT2D eigenvalue weighted by atomic mass is 10.1. The van der Waals surface area contributed by atoms with Crippen molar-refractivity contribution in [3.63, 3.8) is 0 Å². The van der Waals surface area contributed by atoms with Crippen LogP contribution >= 0.6 is 11.6 Å². The maximum Gasteiger partial charge on any atom is 0.0638 e. The van der Waals surface area contributed by atoms with E-state index in [0.717, 1.165) is 13.0 Å². The van der Waals surface area contributed by atoms with Gasteiger partial charge in [0.05, 0.1) is 10.7 Å². The van der Waals surface area contributed by atoms with E-state index in [2.05, 4.69) is 24.8 Å². The number of anilines is 1. The van der Waals surface area contributed by atoms with E-state index in [0.29, 0.717) is 10.7 Å². The number of hydrogen-bond donors (Lipinski definition) is 1. The quantitative estimate of drug-likeness (QED) is 0.754. The summed E-state index contributed by atoms with van der Waals surface area (Å²) in [7, 11) is 0. The van der Waals surface area contributed by atoms with Gasteiger partial charge in [0.2, 0.25) is 0 Å². The van der Waals surface area contributed by atoms with Crippen molar-refractivity contribution in [1.82, 2.24) is 4.90 Å². The Balaban J connectivity index is 2.49. The number of nitrogen functional groups attached to an aromatic ring is 1. The Bertz CT molecular complexity index is 333. The van der Waals surface area contributed by atoms with Crippen LogP contribution in [0, 0.1) is 0 Å². The molecule has 1 aromatic rings. The fourth-order valence-corrected chi connectivity index (χ4v) is 2.18. The fourth-order valence-electron chi connectivity index (χ4n) is 1.98. The predicted octanol–water partition coefficient (Wildman–Crippen LogP) is 3.59. The summed E-state index contributed by atoms with van der Waals surface area (Å²) >= 11 is 6.01. The Hall–Kier alpha value is -0.730. The second-order valence-corrected chi connectivity index (χ2v) is 4.85. The zero-order valence-corrected chi connectivity index (χ0v) is 11.6. The largest absolute Gasteiger partial charge is 0.398 e. The van der Waals surface area contributed by atoms with Crippen LogP contribution in [0.4, 0.5) is 5.69 Å². The summed E-state index contributed by atoms with van der Waals surface area (Å²) in [6.07, 6.45) is 3.46. The minimum atomic E-state index is 0.661. The molecule has 17 heavy (non-hydrogen) atoms. The highest BCUT2D eigenvalue weighted by molar-refractivity contribution is 6.33. The summed E-state index contributed by atoms with van der Waals surface area (Å²) in [6, 6.07) is 5.94. The molecule has 0 saturated heterocycles. The maximum absolute atomic E-state index is 6.01. The van der Waals surface area contributed by atoms with Crippen LogP contribution in [-0.2, 0) is 6.42 Å². The van der Waals surface area contributed by atoms with Gasteiger partial charge in [-0.1, -0.05) is 31.5 Å². The summed E-state index contributed by atoms with van der Waals surface area (Å²) in [5.74, 6) is 0. The molecule has 0 atom stereocenters. The van der Waals surface area contributed by atoms with Gasteiger partial charge in [-0.15, -0.1) is 0 Å². The SMILES string of the molecule is CCCN(CCC)CCc1ccc(N)c(Cl)c1. The molecular formula is C14H23ClN2. The van der Waals surface area contributed by atoms with Gasteiger partial charge in [-0.25, -0.2) is 0 Å². The van der Waals surface area contributed by atoms with Gasteiger partial charge in [-0.3, -0.25) is 0 Å². The highest BCUT2D eigenvalue weighted by Gasteiger charge is 2.04. The number of rotatable bonds is 7. The first-order valence-electron chi connectivity index (χ1n) is 6.43. The van der Waals surface area contributed by atoms with Gasteiger partial charge in [0.25, 0.3) is 0 Å². The molecule has 0 aliphatic rings. The van der Waals surface area contributed by atoms with E-state index in [1.807, 2.05) is 12.1 Å². The van der Waals surface area contributed by atoms with Crippen LogP contribution < -0.4 is 5.73 Å². The maximum atomic E-state index is 6.01. The average Bonchev–Trinajstić information content (AvgIpc) is 2.31. The van der Waals surface area contributed by atoms with Gasteiger partial charge >= 0.3 is 0 Å². The van der Waals surface area contributed by atoms with Crippen LogP contribution in [-0.4, -0.2) is 24.5 Å². The minimum Gasteiger partial charge on any atom is -0.398 e. The van der Waals surface area contributed by atoms with Gasteiger partial charge in [-0.2, -0.15) is 0 Å². The molecule has 0 aliphatic carbocycles. The molecule has 0 radical (unpaired) electrons. The van der Waals surface area contributed by atoms with E-state index in [-0.39, 0.29) is 0 Å². The van der Waals surface area contributed by atoms with E-state index < -0.39 is 0 Å². The number of nitrogens with zero attached hydrogens (tertiary/aromatic N) is 1. The van der Waals surface area contributed by atoms with E-state index in [9.17, 15) is 0 Å². The van der Waals surface area contributed by atoms with E-state index >= 15 is 0 Å². The van der Waals surface area contributed by atoms with Crippen molar-refractivity contribution in [2.24, 2.45) is 0 Å². The predicted molar refractivity (Wildman–Crippen MR) is 76.6 cm³/mol. The van der Waals surface area contributed by atoms with Crippen molar-refractivity contribution >= 4 is 17.3 Å². The van der Waals surface area contributed by atoms with Gasteiger partial charge < -0.3 is 10.6 Å². The molecule has 0 aromatic heterocycles. The Morgan fingerprint density at radius 1 is 1.12 bits per heavy atom. The molecule has 0 spiro atoms. The number of nitrogens with two attached hydrogens (primary N) is 1. The normalized spacial score (nSPS) is 11.1. The first kappa shape index (κ1) is 14.3. The van der Waals surface area contributed by atoms with Gasteiger partial charge in [0.1, 0.15) is 0 Å². The zero-order valence-electron chi connectivity index (χ0n) is 10.9. The molecule has 0 aliphatic heterocycles. The zero-order chi connectivity index (χ0) is 12.7. The molecule has 3 heteroatoms. The van der Waals surface area contributed by atoms with Crippen molar-refractivity contribution in [2.75, 3.05) is 25.4 Å². The third kappa shape index (κ3) is 4.97. The van der Waals surface area contributed by atoms with Gasteiger partial charge in [0.15, 0.2) is 0 Å². The van der Waals surface area contributed by atoms with Crippen molar-refractivity contribution in [3.05, 3.63) is 28.8 Å². The minimum absolute atomic E-state index is 0.661. The van der Waals surface area contributed by atoms with Crippen LogP contribution in [0.3, 0.4) is 0 Å². The first-order chi connectivity index (χ1) is 8.17. The monoisotopic (exact) mass is 254 g/mol. The molecule has 1 rings (SSSR count). The number of halogens is 1. The highest BCUT2D eigenvalue weighted by atomic mass is 35.5. The molecule has 0 amide bonds. The first-order valence-corrected chi connectivity index (χ1v) is 6.81. The lowest BCUT2D eigenvalue weighted by Gasteiger charge is -2.20. The Morgan fingerprint density at radius 3 is 2.29 bits per heavy atom. The molecule has 2 nitrogen and oxygen atoms in total. The highest BCUT2D eigenvalue weighted by Crippen LogP contribution is 2.20. The molecule has 0 unspecified atom stereocenters. The molecule has 96 valence electrons. The fraction of sp³-hybridized carbons (Fsp3) is 0.571. The lowest BCUT2D eigenvalue weighted by molar-refractivity contribution is 0.278. The van der Waals surface area contributed by atoms with E-state index in [1.165, 1.54) is 31.5 Å². The van der Waals surface area contributed by atoms with Crippen molar-refractivity contribution in [2.45, 2.75) is 33.1 Å². The molecule has 0 saturated carbocycles. The molecular weight excluding hydrogens is 232 g/mol. The van der Waals surface area contributed by atoms with Gasteiger partial charge in [-0.05, 0) is 50.0 Å². The topological polar surface area (TPSA) is 29.3 Å². The molecule has 0 bridgehead atoms. The lowest BCUT2D eigenvalue weighted by Crippen LogP contribution is -2.27. The van der Waals surface area contributed by atoms with Crippen molar-refractivity contribution < 1.29 is 0 Å². The van der Waals surface area contributed by atoms with Crippen LogP contribution in [0.2, 0.25) is 5.02 Å². The second kappa shape index (κ2) is 7.57. The van der Waals surface area contributed by atoms with Crippen LogP contribution in [0.25, 0.3) is 0 Å². The Morgan fingerprint density at radius 2 is 1.76 bits per heavy atom. The third-order valence-electron chi connectivity index (χ3n) is 2.86. The van der Waals surface area contributed by atoms with Crippen molar-refractivity contribution in [1.29, 1.82) is 0 Å². The van der Waals surface area contributed by atoms with Crippen molar-refractivity contribution in [3.8, 4) is 0 Å². The molecule has 0 heterocycles. The number of hydrogen-bond acceptors (Lipinski definition) is 2. The average molecular weight is 255 g/mol. The molecule has 2 N–H and O–H groups in total. The second-order valence-electron chi connectivity index (χ2n) is 4.45. The number of benzene rings is 1. The Labute approximate surface area is 110 Å². The van der Waals surface area contributed by atoms with Crippen LogP contribution in [0.5, 0.6) is 0 Å². The van der Waals surface area contributed by atoms with Crippen LogP contribution in [0.1, 0.15) is 32.3 Å². The summed E-state index contributed by atoms with van der Waals surface area (Å²) in [5.41, 5.74) is 7.62. The standard InChI is InChI=1S/C14H23ClN2/c1-3-8-17(9-4-2)10-7-12-5-6-14(16)13(15)11-12/h5-6,11H,3-4,7-10,16H2,1-2H3. The molecule has 1 aromatic carbocycles. The van der Waals surface area contributed by atoms with E-state index in [1.54, 1.807) is 0 Å². The summed E-state index contributed by atoms with van der Waals surface area (Å²) in [5, 5.41) is 0.667. The summed E-state index contributed by atoms with van der Waals surface area (Å²) in [6.45, 7) is 7.90. The summed E-state index contributed by atoms with van der Waals surface area (Å²) in [4.78, 5) is 2.50. The van der Waals surface area contributed by atoms with Crippen LogP contribution in [0.15, 0.2) is 18.2 Å². The summed E-state index contributed by atoms with van der Waals surface area (Å²) < 4.78 is 0. The Kier molecular flexibility index (Phi) is 6.38. The van der Waals surface area contributed by atoms with Gasteiger partial charge in [0, 0.05) is 6.54 Å². The third-order valence-corrected chi connectivity index (χ3v) is 3.19.